The number of ether oxygens (including phenoxy) is 1. The smallest absolute Gasteiger partial charge is 0.0462 e. The van der Waals surface area contributed by atoms with Gasteiger partial charge in [-0.3, -0.25) is 4.98 Å². The summed E-state index contributed by atoms with van der Waals surface area (Å²) in [7, 11) is 1.72. The summed E-state index contributed by atoms with van der Waals surface area (Å²) >= 11 is 0. The van der Waals surface area contributed by atoms with Crippen LogP contribution in [0.15, 0.2) is 18.3 Å². The molecule has 0 fully saturated rings. The van der Waals surface area contributed by atoms with E-state index in [2.05, 4.69) is 24.0 Å². The number of nitrogens with zero attached hydrogens (tertiary/aromatic N) is 1. The summed E-state index contributed by atoms with van der Waals surface area (Å²) in [6.07, 6.45) is 5.84. The Morgan fingerprint density at radius 1 is 1.44 bits per heavy atom. The zero-order chi connectivity index (χ0) is 11.8. The van der Waals surface area contributed by atoms with Crippen LogP contribution < -0.4 is 5.73 Å². The van der Waals surface area contributed by atoms with Crippen molar-refractivity contribution in [3.05, 3.63) is 29.6 Å². The maximum absolute atomic E-state index is 6.02. The van der Waals surface area contributed by atoms with Gasteiger partial charge in [-0.15, -0.1) is 0 Å². The number of aryl methyl sites for hydroxylation is 1. The van der Waals surface area contributed by atoms with Crippen LogP contribution >= 0.6 is 0 Å². The number of pyridine rings is 1. The minimum atomic E-state index is 0.190. The number of hydrogen-bond donors (Lipinski definition) is 1. The van der Waals surface area contributed by atoms with Crippen LogP contribution in [-0.2, 0) is 17.6 Å². The van der Waals surface area contributed by atoms with Gasteiger partial charge in [-0.25, -0.2) is 0 Å². The Morgan fingerprint density at radius 2 is 2.25 bits per heavy atom. The average Bonchev–Trinajstić information content (AvgIpc) is 2.30. The molecule has 0 aliphatic carbocycles. The van der Waals surface area contributed by atoms with Crippen molar-refractivity contribution in [1.29, 1.82) is 0 Å². The molecule has 3 heteroatoms. The Hall–Kier alpha value is -0.930. The molecule has 0 saturated heterocycles. The fourth-order valence-corrected chi connectivity index (χ4v) is 1.65. The van der Waals surface area contributed by atoms with Gasteiger partial charge in [0.2, 0.25) is 0 Å². The molecule has 0 aliphatic rings. The van der Waals surface area contributed by atoms with Crippen LogP contribution in [0.3, 0.4) is 0 Å². The van der Waals surface area contributed by atoms with Gasteiger partial charge in [0.25, 0.3) is 0 Å². The highest BCUT2D eigenvalue weighted by molar-refractivity contribution is 5.14. The maximum Gasteiger partial charge on any atom is 0.0462 e. The normalized spacial score (nSPS) is 12.7. The molecular formula is C13H22N2O. The molecule has 0 bridgehead atoms. The summed E-state index contributed by atoms with van der Waals surface area (Å²) in [5.74, 6) is 0. The van der Waals surface area contributed by atoms with Crippen molar-refractivity contribution in [3.8, 4) is 0 Å². The molecule has 1 aromatic rings. The van der Waals surface area contributed by atoms with E-state index in [1.807, 2.05) is 6.20 Å². The van der Waals surface area contributed by atoms with E-state index < -0.39 is 0 Å². The second kappa shape index (κ2) is 7.36. The molecule has 16 heavy (non-hydrogen) atoms. The highest BCUT2D eigenvalue weighted by Crippen LogP contribution is 2.05. The molecular weight excluding hydrogens is 200 g/mol. The van der Waals surface area contributed by atoms with Crippen molar-refractivity contribution in [2.45, 2.75) is 38.6 Å². The van der Waals surface area contributed by atoms with E-state index in [0.717, 1.165) is 38.0 Å². The molecule has 2 N–H and O–H groups in total. The predicted molar refractivity (Wildman–Crippen MR) is 66.4 cm³/mol. The van der Waals surface area contributed by atoms with Crippen LogP contribution in [0.1, 0.15) is 31.0 Å². The third kappa shape index (κ3) is 4.73. The van der Waals surface area contributed by atoms with Crippen LogP contribution in [0.5, 0.6) is 0 Å². The van der Waals surface area contributed by atoms with E-state index in [1.165, 1.54) is 5.56 Å². The minimum absolute atomic E-state index is 0.190. The topological polar surface area (TPSA) is 48.1 Å². The first-order valence-electron chi connectivity index (χ1n) is 5.94. The number of aromatic nitrogens is 1. The van der Waals surface area contributed by atoms with Gasteiger partial charge in [0.1, 0.15) is 0 Å². The zero-order valence-electron chi connectivity index (χ0n) is 10.3. The highest BCUT2D eigenvalue weighted by Gasteiger charge is 2.04. The first-order chi connectivity index (χ1) is 7.76. The summed E-state index contributed by atoms with van der Waals surface area (Å²) in [6, 6.07) is 4.40. The van der Waals surface area contributed by atoms with Gasteiger partial charge in [0, 0.05) is 38.1 Å². The van der Waals surface area contributed by atoms with E-state index in [9.17, 15) is 0 Å². The largest absolute Gasteiger partial charge is 0.385 e. The van der Waals surface area contributed by atoms with Gasteiger partial charge < -0.3 is 10.5 Å². The lowest BCUT2D eigenvalue weighted by Crippen LogP contribution is -2.23. The van der Waals surface area contributed by atoms with Crippen molar-refractivity contribution < 1.29 is 4.74 Å². The molecule has 0 amide bonds. The van der Waals surface area contributed by atoms with Crippen molar-refractivity contribution >= 4 is 0 Å². The molecule has 0 spiro atoms. The first-order valence-corrected chi connectivity index (χ1v) is 5.94. The van der Waals surface area contributed by atoms with Gasteiger partial charge in [-0.05, 0) is 30.9 Å². The fraction of sp³-hybridized carbons (Fsp3) is 0.615. The van der Waals surface area contributed by atoms with Crippen molar-refractivity contribution in [2.75, 3.05) is 13.7 Å². The number of rotatable bonds is 7. The Kier molecular flexibility index (Phi) is 6.04. The van der Waals surface area contributed by atoms with Crippen molar-refractivity contribution in [1.82, 2.24) is 4.98 Å². The molecule has 0 saturated carbocycles. The summed E-state index contributed by atoms with van der Waals surface area (Å²) < 4.78 is 5.00. The molecule has 1 heterocycles. The fourth-order valence-electron chi connectivity index (χ4n) is 1.65. The summed E-state index contributed by atoms with van der Waals surface area (Å²) in [5.41, 5.74) is 8.38. The first kappa shape index (κ1) is 13.1. The van der Waals surface area contributed by atoms with E-state index in [4.69, 9.17) is 10.5 Å². The summed E-state index contributed by atoms with van der Waals surface area (Å²) in [6.45, 7) is 2.92. The Morgan fingerprint density at radius 3 is 2.81 bits per heavy atom. The third-order valence-corrected chi connectivity index (χ3v) is 2.69. The molecule has 1 atom stereocenters. The second-order valence-corrected chi connectivity index (χ2v) is 4.11. The second-order valence-electron chi connectivity index (χ2n) is 4.11. The molecule has 3 nitrogen and oxygen atoms in total. The Labute approximate surface area is 98.0 Å². The van der Waals surface area contributed by atoms with Crippen LogP contribution in [0, 0.1) is 0 Å². The van der Waals surface area contributed by atoms with E-state index >= 15 is 0 Å². The van der Waals surface area contributed by atoms with E-state index in [0.29, 0.717) is 0 Å². The molecule has 0 aromatic carbocycles. The van der Waals surface area contributed by atoms with Crippen LogP contribution in [0.25, 0.3) is 0 Å². The van der Waals surface area contributed by atoms with Gasteiger partial charge in [0.15, 0.2) is 0 Å². The molecule has 90 valence electrons. The van der Waals surface area contributed by atoms with Gasteiger partial charge in [0.05, 0.1) is 0 Å². The number of nitrogens with two attached hydrogens (primary N) is 1. The zero-order valence-corrected chi connectivity index (χ0v) is 10.3. The lowest BCUT2D eigenvalue weighted by atomic mass is 10.1. The monoisotopic (exact) mass is 222 g/mol. The van der Waals surface area contributed by atoms with E-state index in [1.54, 1.807) is 7.11 Å². The van der Waals surface area contributed by atoms with Crippen molar-refractivity contribution in [2.24, 2.45) is 5.73 Å². The van der Waals surface area contributed by atoms with Crippen LogP contribution in [0.2, 0.25) is 0 Å². The lowest BCUT2D eigenvalue weighted by Gasteiger charge is -2.10. The molecule has 1 rings (SSSR count). The lowest BCUT2D eigenvalue weighted by molar-refractivity contribution is 0.190. The molecule has 0 aliphatic heterocycles. The minimum Gasteiger partial charge on any atom is -0.385 e. The SMILES string of the molecule is CCc1ccc(CC(N)CCCOC)nc1. The summed E-state index contributed by atoms with van der Waals surface area (Å²) in [4.78, 5) is 4.41. The Bertz CT molecular complexity index is 284. The predicted octanol–water partition coefficient (Wildman–Crippen LogP) is 1.94. The number of hydrogen-bond acceptors (Lipinski definition) is 3. The maximum atomic E-state index is 6.02. The quantitative estimate of drug-likeness (QED) is 0.717. The number of methoxy groups -OCH3 is 1. The standard InChI is InChI=1S/C13H22N2O/c1-3-11-6-7-13(15-10-11)9-12(14)5-4-8-16-2/h6-7,10,12H,3-5,8-9,14H2,1-2H3. The molecule has 0 radical (unpaired) electrons. The Balaban J connectivity index is 2.34. The molecule has 1 aromatic heterocycles. The molecule has 1 unspecified atom stereocenters. The highest BCUT2D eigenvalue weighted by atomic mass is 16.5. The van der Waals surface area contributed by atoms with Gasteiger partial charge in [-0.2, -0.15) is 0 Å². The van der Waals surface area contributed by atoms with Gasteiger partial charge in [-0.1, -0.05) is 13.0 Å². The van der Waals surface area contributed by atoms with Crippen molar-refractivity contribution in [3.63, 3.8) is 0 Å². The van der Waals surface area contributed by atoms with Crippen LogP contribution in [0.4, 0.5) is 0 Å². The van der Waals surface area contributed by atoms with Gasteiger partial charge >= 0.3 is 0 Å². The summed E-state index contributed by atoms with van der Waals surface area (Å²) in [5, 5.41) is 0. The van der Waals surface area contributed by atoms with E-state index in [-0.39, 0.29) is 6.04 Å². The average molecular weight is 222 g/mol. The van der Waals surface area contributed by atoms with Crippen LogP contribution in [-0.4, -0.2) is 24.7 Å². The third-order valence-electron chi connectivity index (χ3n) is 2.69.